The molecule has 5 nitrogen and oxygen atoms in total. The normalized spacial score (nSPS) is 22.3. The van der Waals surface area contributed by atoms with Crippen molar-refractivity contribution in [3.8, 4) is 5.88 Å². The standard InChI is InChI=1S/C15H22N2O3/c1-20-14-7-6-12(9-16-14)15(19)17-8-11-4-2-3-5-13(11)10-18/h6-7,9,11,13,18H,2-5,8,10H2,1H3,(H,17,19). The molecule has 0 saturated heterocycles. The molecule has 1 amide bonds. The Hall–Kier alpha value is -1.62. The highest BCUT2D eigenvalue weighted by molar-refractivity contribution is 5.93. The fraction of sp³-hybridized carbons (Fsp3) is 0.600. The molecule has 2 unspecified atom stereocenters. The first-order valence-corrected chi connectivity index (χ1v) is 7.13. The topological polar surface area (TPSA) is 71.5 Å². The molecule has 1 aromatic rings. The summed E-state index contributed by atoms with van der Waals surface area (Å²) in [5.41, 5.74) is 0.530. The number of hydrogen-bond donors (Lipinski definition) is 2. The van der Waals surface area contributed by atoms with Gasteiger partial charge in [0.1, 0.15) is 0 Å². The van der Waals surface area contributed by atoms with Gasteiger partial charge in [0.25, 0.3) is 5.91 Å². The minimum atomic E-state index is -0.123. The van der Waals surface area contributed by atoms with E-state index in [-0.39, 0.29) is 12.5 Å². The molecule has 1 saturated carbocycles. The molecule has 5 heteroatoms. The van der Waals surface area contributed by atoms with Gasteiger partial charge < -0.3 is 15.2 Å². The van der Waals surface area contributed by atoms with Crippen molar-refractivity contribution in [3.05, 3.63) is 23.9 Å². The van der Waals surface area contributed by atoms with Crippen LogP contribution in [0.3, 0.4) is 0 Å². The molecule has 110 valence electrons. The first kappa shape index (κ1) is 14.8. The van der Waals surface area contributed by atoms with E-state index < -0.39 is 0 Å². The minimum Gasteiger partial charge on any atom is -0.481 e. The van der Waals surface area contributed by atoms with E-state index in [1.165, 1.54) is 19.0 Å². The lowest BCUT2D eigenvalue weighted by molar-refractivity contribution is 0.0909. The average molecular weight is 278 g/mol. The Kier molecular flexibility index (Phi) is 5.35. The number of methoxy groups -OCH3 is 1. The van der Waals surface area contributed by atoms with Gasteiger partial charge in [-0.25, -0.2) is 4.98 Å². The van der Waals surface area contributed by atoms with E-state index in [2.05, 4.69) is 10.3 Å². The van der Waals surface area contributed by atoms with Gasteiger partial charge in [0.15, 0.2) is 0 Å². The van der Waals surface area contributed by atoms with Crippen LogP contribution < -0.4 is 10.1 Å². The number of carbonyl (C=O) groups is 1. The fourth-order valence-corrected chi connectivity index (χ4v) is 2.75. The summed E-state index contributed by atoms with van der Waals surface area (Å²) in [7, 11) is 1.54. The van der Waals surface area contributed by atoms with Crippen molar-refractivity contribution >= 4 is 5.91 Å². The van der Waals surface area contributed by atoms with Crippen molar-refractivity contribution in [2.75, 3.05) is 20.3 Å². The van der Waals surface area contributed by atoms with Crippen LogP contribution in [0.25, 0.3) is 0 Å². The van der Waals surface area contributed by atoms with Crippen molar-refractivity contribution in [1.82, 2.24) is 10.3 Å². The number of amides is 1. The number of ether oxygens (including phenoxy) is 1. The monoisotopic (exact) mass is 278 g/mol. The van der Waals surface area contributed by atoms with Gasteiger partial charge in [0, 0.05) is 25.4 Å². The summed E-state index contributed by atoms with van der Waals surface area (Å²) in [6.45, 7) is 0.834. The van der Waals surface area contributed by atoms with E-state index in [4.69, 9.17) is 4.74 Å². The van der Waals surface area contributed by atoms with E-state index in [0.717, 1.165) is 12.8 Å². The lowest BCUT2D eigenvalue weighted by atomic mass is 9.79. The molecule has 1 fully saturated rings. The predicted octanol–water partition coefficient (Wildman–Crippen LogP) is 1.62. The molecule has 1 aliphatic rings. The second-order valence-corrected chi connectivity index (χ2v) is 5.29. The van der Waals surface area contributed by atoms with Gasteiger partial charge in [-0.3, -0.25) is 4.79 Å². The van der Waals surface area contributed by atoms with Gasteiger partial charge in [0.05, 0.1) is 12.7 Å². The number of nitrogens with zero attached hydrogens (tertiary/aromatic N) is 1. The smallest absolute Gasteiger partial charge is 0.252 e. The number of rotatable bonds is 5. The molecule has 1 heterocycles. The van der Waals surface area contributed by atoms with Crippen LogP contribution in [0.1, 0.15) is 36.0 Å². The highest BCUT2D eigenvalue weighted by Crippen LogP contribution is 2.29. The molecule has 2 rings (SSSR count). The summed E-state index contributed by atoms with van der Waals surface area (Å²) in [5.74, 6) is 1.07. The SMILES string of the molecule is COc1ccc(C(=O)NCC2CCCCC2CO)cn1. The van der Waals surface area contributed by atoms with Gasteiger partial charge in [-0.1, -0.05) is 12.8 Å². The largest absolute Gasteiger partial charge is 0.481 e. The Labute approximate surface area is 119 Å². The lowest BCUT2D eigenvalue weighted by Crippen LogP contribution is -2.35. The van der Waals surface area contributed by atoms with Gasteiger partial charge in [-0.05, 0) is 30.7 Å². The van der Waals surface area contributed by atoms with Crippen molar-refractivity contribution in [2.24, 2.45) is 11.8 Å². The highest BCUT2D eigenvalue weighted by Gasteiger charge is 2.24. The highest BCUT2D eigenvalue weighted by atomic mass is 16.5. The van der Waals surface area contributed by atoms with Crippen LogP contribution in [0.5, 0.6) is 5.88 Å². The van der Waals surface area contributed by atoms with Gasteiger partial charge in [-0.15, -0.1) is 0 Å². The molecule has 0 radical (unpaired) electrons. The number of pyridine rings is 1. The summed E-state index contributed by atoms with van der Waals surface area (Å²) in [5, 5.41) is 12.3. The molecule has 2 atom stereocenters. The third-order valence-electron chi connectivity index (χ3n) is 4.03. The Morgan fingerprint density at radius 3 is 2.75 bits per heavy atom. The quantitative estimate of drug-likeness (QED) is 0.858. The molecule has 0 aliphatic heterocycles. The van der Waals surface area contributed by atoms with Crippen molar-refractivity contribution in [2.45, 2.75) is 25.7 Å². The Balaban J connectivity index is 1.87. The van der Waals surface area contributed by atoms with Gasteiger partial charge in [-0.2, -0.15) is 0 Å². The molecule has 1 aliphatic carbocycles. The predicted molar refractivity (Wildman–Crippen MR) is 75.7 cm³/mol. The first-order valence-electron chi connectivity index (χ1n) is 7.13. The minimum absolute atomic E-state index is 0.123. The van der Waals surface area contributed by atoms with E-state index in [1.807, 2.05) is 0 Å². The number of aliphatic hydroxyl groups excluding tert-OH is 1. The van der Waals surface area contributed by atoms with Crippen LogP contribution in [0.2, 0.25) is 0 Å². The molecule has 2 N–H and O–H groups in total. The van der Waals surface area contributed by atoms with Crippen LogP contribution in [0, 0.1) is 11.8 Å². The zero-order chi connectivity index (χ0) is 14.4. The Morgan fingerprint density at radius 1 is 1.40 bits per heavy atom. The van der Waals surface area contributed by atoms with Crippen LogP contribution in [-0.2, 0) is 0 Å². The number of aliphatic hydroxyl groups is 1. The maximum atomic E-state index is 12.0. The molecule has 1 aromatic heterocycles. The number of aromatic nitrogens is 1. The van der Waals surface area contributed by atoms with Crippen LogP contribution >= 0.6 is 0 Å². The lowest BCUT2D eigenvalue weighted by Gasteiger charge is -2.30. The summed E-state index contributed by atoms with van der Waals surface area (Å²) in [6, 6.07) is 3.37. The van der Waals surface area contributed by atoms with Crippen LogP contribution in [-0.4, -0.2) is 36.3 Å². The second-order valence-electron chi connectivity index (χ2n) is 5.29. The van der Waals surface area contributed by atoms with Gasteiger partial charge >= 0.3 is 0 Å². The number of nitrogens with one attached hydrogen (secondary N) is 1. The summed E-state index contributed by atoms with van der Waals surface area (Å²) in [4.78, 5) is 16.0. The second kappa shape index (κ2) is 7.24. The number of carbonyl (C=O) groups excluding carboxylic acids is 1. The van der Waals surface area contributed by atoms with Crippen LogP contribution in [0.4, 0.5) is 0 Å². The van der Waals surface area contributed by atoms with E-state index in [0.29, 0.717) is 29.8 Å². The third-order valence-corrected chi connectivity index (χ3v) is 4.03. The van der Waals surface area contributed by atoms with Crippen molar-refractivity contribution < 1.29 is 14.6 Å². The van der Waals surface area contributed by atoms with E-state index in [9.17, 15) is 9.90 Å². The zero-order valence-corrected chi connectivity index (χ0v) is 11.8. The maximum absolute atomic E-state index is 12.0. The molecule has 0 spiro atoms. The third kappa shape index (κ3) is 3.70. The fourth-order valence-electron chi connectivity index (χ4n) is 2.75. The molecule has 20 heavy (non-hydrogen) atoms. The molecule has 0 bridgehead atoms. The summed E-state index contributed by atoms with van der Waals surface area (Å²) in [6.07, 6.45) is 6.01. The van der Waals surface area contributed by atoms with Gasteiger partial charge in [0.2, 0.25) is 5.88 Å². The Morgan fingerprint density at radius 2 is 2.15 bits per heavy atom. The van der Waals surface area contributed by atoms with Crippen molar-refractivity contribution in [1.29, 1.82) is 0 Å². The Bertz CT molecular complexity index is 433. The maximum Gasteiger partial charge on any atom is 0.252 e. The molecular weight excluding hydrogens is 256 g/mol. The summed E-state index contributed by atoms with van der Waals surface area (Å²) < 4.78 is 4.96. The number of hydrogen-bond acceptors (Lipinski definition) is 4. The molecule has 0 aromatic carbocycles. The first-order chi connectivity index (χ1) is 9.74. The summed E-state index contributed by atoms with van der Waals surface area (Å²) >= 11 is 0. The molecular formula is C15H22N2O3. The van der Waals surface area contributed by atoms with Crippen LogP contribution in [0.15, 0.2) is 18.3 Å². The van der Waals surface area contributed by atoms with E-state index in [1.54, 1.807) is 19.2 Å². The zero-order valence-electron chi connectivity index (χ0n) is 11.8. The van der Waals surface area contributed by atoms with E-state index >= 15 is 0 Å². The average Bonchev–Trinajstić information content (AvgIpc) is 2.53. The van der Waals surface area contributed by atoms with Crippen molar-refractivity contribution in [3.63, 3.8) is 0 Å².